The molecule has 0 aliphatic rings. The number of nitrogens with one attached hydrogen (secondary N) is 2. The van der Waals surface area contributed by atoms with Gasteiger partial charge in [-0.15, -0.1) is 6.54 Å². The van der Waals surface area contributed by atoms with Gasteiger partial charge in [0.05, 0.1) is 24.1 Å². The molecular weight excluding hydrogens is 554 g/mol. The zero-order valence-corrected chi connectivity index (χ0v) is 17.6. The predicted molar refractivity (Wildman–Crippen MR) is 89.4 cm³/mol. The summed E-state index contributed by atoms with van der Waals surface area (Å²) >= 11 is 1.24. The van der Waals surface area contributed by atoms with Crippen LogP contribution in [0, 0.1) is 44.6 Å². The smallest absolute Gasteiger partial charge is 0.345 e. The molecule has 2 N–H and O–H groups in total. The maximum atomic E-state index is 11.8. The number of aromatic amines is 1. The molecule has 0 aromatic carbocycles. The van der Waals surface area contributed by atoms with Crippen LogP contribution in [-0.2, 0) is 4.79 Å². The van der Waals surface area contributed by atoms with Gasteiger partial charge in [0.2, 0.25) is 5.91 Å². The summed E-state index contributed by atoms with van der Waals surface area (Å²) in [6, 6.07) is 3.49. The molecule has 0 aliphatic carbocycles. The van der Waals surface area contributed by atoms with Crippen LogP contribution in [0.15, 0.2) is 34.3 Å². The summed E-state index contributed by atoms with van der Waals surface area (Å²) in [4.78, 5) is 33.2. The van der Waals surface area contributed by atoms with Gasteiger partial charge in [0.1, 0.15) is 5.75 Å². The van der Waals surface area contributed by atoms with Crippen LogP contribution >= 0.6 is 11.8 Å². The molecule has 2 aromatic heterocycles. The molecule has 2 heterocycles. The Hall–Kier alpha value is -1.43. The van der Waals surface area contributed by atoms with Gasteiger partial charge in [-0.05, 0) is 12.5 Å². The van der Waals surface area contributed by atoms with Gasteiger partial charge >= 0.3 is 5.69 Å². The molecule has 0 saturated heterocycles. The number of aromatic nitrogens is 3. The number of pyridine rings is 1. The second kappa shape index (κ2) is 11.2. The average molecular weight is 573 g/mol. The molecule has 0 saturated carbocycles. The van der Waals surface area contributed by atoms with Crippen LogP contribution in [0.2, 0.25) is 0 Å². The van der Waals surface area contributed by atoms with E-state index in [2.05, 4.69) is 20.3 Å². The van der Waals surface area contributed by atoms with E-state index in [-0.39, 0.29) is 50.2 Å². The number of hydrogen-bond acceptors (Lipinski definition) is 6. The number of amides is 1. The molecule has 1 amide bonds. The molecule has 0 aliphatic heterocycles. The third-order valence-corrected chi connectivity index (χ3v) is 3.80. The van der Waals surface area contributed by atoms with E-state index in [9.17, 15) is 9.59 Å². The van der Waals surface area contributed by atoms with Crippen LogP contribution in [0.5, 0.6) is 5.75 Å². The minimum Gasteiger partial charge on any atom is -0.497 e. The zero-order chi connectivity index (χ0) is 15.9. The van der Waals surface area contributed by atoms with E-state index in [4.69, 9.17) is 4.74 Å². The zero-order valence-electron chi connectivity index (χ0n) is 12.6. The average Bonchev–Trinajstić information content (AvgIpc) is 2.54. The van der Waals surface area contributed by atoms with E-state index in [1.807, 2.05) is 6.92 Å². The summed E-state index contributed by atoms with van der Waals surface area (Å²) in [5.41, 5.74) is 1.01. The Labute approximate surface area is 168 Å². The van der Waals surface area contributed by atoms with Crippen LogP contribution in [0.4, 0.5) is 0 Å². The molecule has 2 rings (SSSR count). The number of ether oxygens (including phenoxy) is 1. The van der Waals surface area contributed by atoms with E-state index in [1.165, 1.54) is 24.5 Å². The second-order valence-electron chi connectivity index (χ2n) is 4.32. The van der Waals surface area contributed by atoms with Gasteiger partial charge in [0.25, 0.3) is 0 Å². The Morgan fingerprint density at radius 3 is 2.75 bits per heavy atom. The Kier molecular flexibility index (Phi) is 10.5. The van der Waals surface area contributed by atoms with Crippen molar-refractivity contribution in [2.75, 3.05) is 12.9 Å². The van der Waals surface area contributed by atoms with E-state index in [0.717, 1.165) is 5.56 Å². The molecular formula is C15H19N4O3SU-. The van der Waals surface area contributed by atoms with Gasteiger partial charge in [0, 0.05) is 37.3 Å². The Balaban J connectivity index is 0.00000264. The van der Waals surface area contributed by atoms with Crippen molar-refractivity contribution < 1.29 is 40.6 Å². The SMILES string of the molecule is C.COc1ccc([CH-]NC(=O)CSc2[nH]c(=O)ncc2C)nc1.[U]. The maximum Gasteiger partial charge on any atom is 0.345 e. The van der Waals surface area contributed by atoms with Crippen LogP contribution in [0.3, 0.4) is 0 Å². The first-order chi connectivity index (χ1) is 10.6. The van der Waals surface area contributed by atoms with Crippen molar-refractivity contribution in [2.24, 2.45) is 0 Å². The van der Waals surface area contributed by atoms with Crippen molar-refractivity contribution in [3.63, 3.8) is 0 Å². The summed E-state index contributed by atoms with van der Waals surface area (Å²) in [7, 11) is 1.56. The molecule has 2 aromatic rings. The van der Waals surface area contributed by atoms with Gasteiger partial charge in [0.15, 0.2) is 0 Å². The van der Waals surface area contributed by atoms with Crippen LogP contribution < -0.4 is 15.7 Å². The molecule has 0 bridgehead atoms. The second-order valence-corrected chi connectivity index (χ2v) is 5.31. The summed E-state index contributed by atoms with van der Waals surface area (Å²) in [6.07, 6.45) is 3.05. The van der Waals surface area contributed by atoms with Crippen LogP contribution in [0.1, 0.15) is 18.7 Å². The van der Waals surface area contributed by atoms with Crippen molar-refractivity contribution in [1.82, 2.24) is 20.3 Å². The van der Waals surface area contributed by atoms with Gasteiger partial charge in [-0.3, -0.25) is 9.78 Å². The molecule has 0 atom stereocenters. The minimum absolute atomic E-state index is 0. The van der Waals surface area contributed by atoms with E-state index in [0.29, 0.717) is 16.5 Å². The van der Waals surface area contributed by atoms with Crippen LogP contribution in [-0.4, -0.2) is 33.7 Å². The van der Waals surface area contributed by atoms with Gasteiger partial charge < -0.3 is 15.0 Å². The first-order valence-electron chi connectivity index (χ1n) is 6.40. The molecule has 24 heavy (non-hydrogen) atoms. The number of hydrogen-bond donors (Lipinski definition) is 2. The molecule has 0 unspecified atom stereocenters. The summed E-state index contributed by atoms with van der Waals surface area (Å²) < 4.78 is 5.00. The molecule has 0 radical (unpaired) electrons. The molecule has 9 heteroatoms. The Morgan fingerprint density at radius 2 is 2.12 bits per heavy atom. The number of carbonyl (C=O) groups is 1. The van der Waals surface area contributed by atoms with E-state index < -0.39 is 5.69 Å². The monoisotopic (exact) mass is 573 g/mol. The van der Waals surface area contributed by atoms with Crippen molar-refractivity contribution in [1.29, 1.82) is 0 Å². The first kappa shape index (κ1) is 22.6. The molecule has 0 fully saturated rings. The third-order valence-electron chi connectivity index (χ3n) is 2.68. The van der Waals surface area contributed by atoms with Gasteiger partial charge in [-0.2, -0.15) is 6.07 Å². The maximum absolute atomic E-state index is 11.8. The molecule has 128 valence electrons. The van der Waals surface area contributed by atoms with E-state index in [1.54, 1.807) is 25.4 Å². The normalized spacial score (nSPS) is 9.25. The minimum atomic E-state index is -0.428. The van der Waals surface area contributed by atoms with Crippen molar-refractivity contribution in [3.05, 3.63) is 52.8 Å². The van der Waals surface area contributed by atoms with Gasteiger partial charge in [-0.25, -0.2) is 9.78 Å². The predicted octanol–water partition coefficient (Wildman–Crippen LogP) is 1.54. The summed E-state index contributed by atoms with van der Waals surface area (Å²) in [6.45, 7) is 3.33. The summed E-state index contributed by atoms with van der Waals surface area (Å²) in [5.74, 6) is 0.629. The Morgan fingerprint density at radius 1 is 1.38 bits per heavy atom. The number of nitrogens with zero attached hydrogens (tertiary/aromatic N) is 2. The number of thioether (sulfide) groups is 1. The number of carbonyl (C=O) groups excluding carboxylic acids is 1. The largest absolute Gasteiger partial charge is 0.497 e. The topological polar surface area (TPSA) is 97.0 Å². The molecule has 0 spiro atoms. The van der Waals surface area contributed by atoms with Gasteiger partial charge in [-0.1, -0.05) is 30.9 Å². The first-order valence-corrected chi connectivity index (χ1v) is 7.38. The Bertz CT molecular complexity index is 707. The summed E-state index contributed by atoms with van der Waals surface area (Å²) in [5, 5.41) is 3.28. The van der Waals surface area contributed by atoms with Crippen molar-refractivity contribution >= 4 is 17.7 Å². The molecule has 7 nitrogen and oxygen atoms in total. The standard InChI is InChI=1S/C14H15N4O3S.CH4.U/c1-9-5-17-14(20)18-13(9)22-8-12(19)16-6-10-3-4-11(21-2)7-15-10;;/h3-7H,8H2,1-2H3,(H,16,19)(H,17,18,20);1H4;/q-1;;. The quantitative estimate of drug-likeness (QED) is 0.309. The van der Waals surface area contributed by atoms with Crippen molar-refractivity contribution in [2.45, 2.75) is 19.4 Å². The number of aryl methyl sites for hydroxylation is 1. The number of rotatable bonds is 6. The van der Waals surface area contributed by atoms with Crippen LogP contribution in [0.25, 0.3) is 0 Å². The number of H-pyrrole nitrogens is 1. The third kappa shape index (κ3) is 6.99. The fraction of sp³-hybridized carbons (Fsp3) is 0.267. The van der Waals surface area contributed by atoms with Crippen molar-refractivity contribution in [3.8, 4) is 5.75 Å². The fourth-order valence-corrected chi connectivity index (χ4v) is 2.32. The number of methoxy groups -OCH3 is 1. The van der Waals surface area contributed by atoms with E-state index >= 15 is 0 Å². The fourth-order valence-electron chi connectivity index (χ4n) is 1.52.